The third-order valence-electron chi connectivity index (χ3n) is 2.74. The van der Waals surface area contributed by atoms with Crippen LogP contribution in [0.15, 0.2) is 36.4 Å². The number of carboxylic acid groups (broad SMARTS) is 1. The summed E-state index contributed by atoms with van der Waals surface area (Å²) in [6.07, 6.45) is 2.59. The molecule has 0 atom stereocenters. The minimum Gasteiger partial charge on any atom is -0.478 e. The van der Waals surface area contributed by atoms with Crippen molar-refractivity contribution >= 4 is 35.2 Å². The van der Waals surface area contributed by atoms with E-state index in [-0.39, 0.29) is 0 Å². The maximum atomic E-state index is 10.5. The third-order valence-corrected chi connectivity index (χ3v) is 3.29. The van der Waals surface area contributed by atoms with Gasteiger partial charge in [0.1, 0.15) is 0 Å². The molecule has 0 unspecified atom stereocenters. The number of aryl methyl sites for hydroxylation is 1. The van der Waals surface area contributed by atoms with Gasteiger partial charge in [-0.2, -0.15) is 0 Å². The highest BCUT2D eigenvalue weighted by atomic mass is 35.5. The molecule has 2 aromatic rings. The summed E-state index contributed by atoms with van der Waals surface area (Å²) >= 11 is 12.0. The van der Waals surface area contributed by atoms with Crippen LogP contribution in [0.1, 0.15) is 11.3 Å². The summed E-state index contributed by atoms with van der Waals surface area (Å²) in [4.78, 5) is 15.0. The summed E-state index contributed by atoms with van der Waals surface area (Å²) in [5.41, 5.74) is 2.98. The van der Waals surface area contributed by atoms with Gasteiger partial charge in [-0.3, -0.25) is 4.98 Å². The SMILES string of the molecule is Cc1nc(-c2ccc(Cl)cc2Cl)ccc1/C=C/C(=O)O. The van der Waals surface area contributed by atoms with Crippen LogP contribution in [0.2, 0.25) is 10.0 Å². The molecule has 102 valence electrons. The van der Waals surface area contributed by atoms with E-state index in [0.29, 0.717) is 10.0 Å². The predicted molar refractivity (Wildman–Crippen MR) is 81.1 cm³/mol. The van der Waals surface area contributed by atoms with E-state index in [4.69, 9.17) is 28.3 Å². The van der Waals surface area contributed by atoms with E-state index in [9.17, 15) is 4.79 Å². The number of carbonyl (C=O) groups is 1. The van der Waals surface area contributed by atoms with Crippen molar-refractivity contribution in [2.24, 2.45) is 0 Å². The Morgan fingerprint density at radius 2 is 2.00 bits per heavy atom. The zero-order valence-electron chi connectivity index (χ0n) is 10.6. The van der Waals surface area contributed by atoms with E-state index in [1.165, 1.54) is 6.08 Å². The van der Waals surface area contributed by atoms with Crippen molar-refractivity contribution < 1.29 is 9.90 Å². The number of aliphatic carboxylic acids is 1. The first-order chi connectivity index (χ1) is 9.47. The fourth-order valence-electron chi connectivity index (χ4n) is 1.76. The Morgan fingerprint density at radius 1 is 1.25 bits per heavy atom. The number of hydrogen-bond donors (Lipinski definition) is 1. The first-order valence-corrected chi connectivity index (χ1v) is 6.57. The maximum Gasteiger partial charge on any atom is 0.328 e. The lowest BCUT2D eigenvalue weighted by Crippen LogP contribution is -1.92. The number of halogens is 2. The van der Waals surface area contributed by atoms with Gasteiger partial charge in [-0.25, -0.2) is 4.79 Å². The van der Waals surface area contributed by atoms with Gasteiger partial charge < -0.3 is 5.11 Å². The van der Waals surface area contributed by atoms with Crippen molar-refractivity contribution in [2.45, 2.75) is 6.92 Å². The van der Waals surface area contributed by atoms with Gasteiger partial charge in [0.05, 0.1) is 10.7 Å². The van der Waals surface area contributed by atoms with Crippen LogP contribution in [0, 0.1) is 6.92 Å². The molecule has 0 aliphatic carbocycles. The van der Waals surface area contributed by atoms with Gasteiger partial charge in [0.2, 0.25) is 0 Å². The van der Waals surface area contributed by atoms with Crippen LogP contribution in [0.25, 0.3) is 17.3 Å². The number of benzene rings is 1. The summed E-state index contributed by atoms with van der Waals surface area (Å²) in [6.45, 7) is 1.81. The van der Waals surface area contributed by atoms with Gasteiger partial charge in [0.25, 0.3) is 0 Å². The van der Waals surface area contributed by atoms with Crippen molar-refractivity contribution in [3.63, 3.8) is 0 Å². The summed E-state index contributed by atoms with van der Waals surface area (Å²) in [7, 11) is 0. The Morgan fingerprint density at radius 3 is 2.60 bits per heavy atom. The Balaban J connectivity index is 2.40. The van der Waals surface area contributed by atoms with Crippen LogP contribution >= 0.6 is 23.2 Å². The number of carboxylic acids is 1. The molecular weight excluding hydrogens is 297 g/mol. The average Bonchev–Trinajstić information content (AvgIpc) is 2.37. The highest BCUT2D eigenvalue weighted by Gasteiger charge is 2.07. The molecule has 0 saturated heterocycles. The molecule has 3 nitrogen and oxygen atoms in total. The molecule has 20 heavy (non-hydrogen) atoms. The fourth-order valence-corrected chi connectivity index (χ4v) is 2.26. The van der Waals surface area contributed by atoms with Crippen molar-refractivity contribution in [3.8, 4) is 11.3 Å². The number of pyridine rings is 1. The molecule has 1 aromatic heterocycles. The van der Waals surface area contributed by atoms with Gasteiger partial charge in [-0.15, -0.1) is 0 Å². The molecule has 0 bridgehead atoms. The van der Waals surface area contributed by atoms with E-state index in [1.807, 2.05) is 13.0 Å². The van der Waals surface area contributed by atoms with Crippen LogP contribution in [-0.2, 0) is 4.79 Å². The van der Waals surface area contributed by atoms with Crippen LogP contribution < -0.4 is 0 Å². The van der Waals surface area contributed by atoms with Crippen LogP contribution in [0.3, 0.4) is 0 Å². The quantitative estimate of drug-likeness (QED) is 0.852. The lowest BCUT2D eigenvalue weighted by atomic mass is 10.1. The molecule has 0 aliphatic heterocycles. The minimum absolute atomic E-state index is 0.526. The van der Waals surface area contributed by atoms with Crippen LogP contribution in [0.4, 0.5) is 0 Å². The molecule has 0 fully saturated rings. The van der Waals surface area contributed by atoms with E-state index in [1.54, 1.807) is 24.3 Å². The summed E-state index contributed by atoms with van der Waals surface area (Å²) in [5.74, 6) is -0.991. The molecule has 1 heterocycles. The Labute approximate surface area is 126 Å². The number of hydrogen-bond acceptors (Lipinski definition) is 2. The Hall–Kier alpha value is -1.84. The zero-order valence-corrected chi connectivity index (χ0v) is 12.1. The topological polar surface area (TPSA) is 50.2 Å². The van der Waals surface area contributed by atoms with E-state index >= 15 is 0 Å². The standard InChI is InChI=1S/C15H11Cl2NO2/c1-9-10(3-7-15(19)20)2-6-14(18-9)12-5-4-11(16)8-13(12)17/h2-8H,1H3,(H,19,20)/b7-3+. The first-order valence-electron chi connectivity index (χ1n) is 5.81. The van der Waals surface area contributed by atoms with Crippen LogP contribution in [-0.4, -0.2) is 16.1 Å². The smallest absolute Gasteiger partial charge is 0.328 e. The molecule has 1 aromatic carbocycles. The monoisotopic (exact) mass is 307 g/mol. The van der Waals surface area contributed by atoms with E-state index < -0.39 is 5.97 Å². The predicted octanol–water partition coefficient (Wildman–Crippen LogP) is 4.46. The van der Waals surface area contributed by atoms with Crippen LogP contribution in [0.5, 0.6) is 0 Å². The molecular formula is C15H11Cl2NO2. The molecule has 0 aliphatic rings. The molecule has 2 rings (SSSR count). The van der Waals surface area contributed by atoms with Crippen molar-refractivity contribution in [3.05, 3.63) is 57.7 Å². The Kier molecular flexibility index (Phi) is 4.42. The molecule has 0 amide bonds. The Bertz CT molecular complexity index is 696. The van der Waals surface area contributed by atoms with Crippen molar-refractivity contribution in [1.29, 1.82) is 0 Å². The molecule has 1 N–H and O–H groups in total. The van der Waals surface area contributed by atoms with Gasteiger partial charge in [0, 0.05) is 22.4 Å². The van der Waals surface area contributed by atoms with E-state index in [2.05, 4.69) is 4.98 Å². The van der Waals surface area contributed by atoms with Gasteiger partial charge in [-0.05, 0) is 42.8 Å². The second-order valence-corrected chi connectivity index (χ2v) is 5.01. The zero-order chi connectivity index (χ0) is 14.7. The lowest BCUT2D eigenvalue weighted by molar-refractivity contribution is -0.131. The number of aromatic nitrogens is 1. The number of rotatable bonds is 3. The largest absolute Gasteiger partial charge is 0.478 e. The molecule has 0 spiro atoms. The normalized spacial score (nSPS) is 10.9. The minimum atomic E-state index is -0.991. The molecule has 5 heteroatoms. The fraction of sp³-hybridized carbons (Fsp3) is 0.0667. The summed E-state index contributed by atoms with van der Waals surface area (Å²) < 4.78 is 0. The maximum absolute atomic E-state index is 10.5. The first kappa shape index (κ1) is 14.6. The average molecular weight is 308 g/mol. The second kappa shape index (κ2) is 6.07. The third kappa shape index (κ3) is 3.38. The molecule has 0 saturated carbocycles. The highest BCUT2D eigenvalue weighted by Crippen LogP contribution is 2.29. The highest BCUT2D eigenvalue weighted by molar-refractivity contribution is 6.36. The summed E-state index contributed by atoms with van der Waals surface area (Å²) in [6, 6.07) is 8.82. The van der Waals surface area contributed by atoms with Gasteiger partial charge in [0.15, 0.2) is 0 Å². The second-order valence-electron chi connectivity index (χ2n) is 4.17. The van der Waals surface area contributed by atoms with Gasteiger partial charge >= 0.3 is 5.97 Å². The van der Waals surface area contributed by atoms with Crippen molar-refractivity contribution in [2.75, 3.05) is 0 Å². The van der Waals surface area contributed by atoms with E-state index in [0.717, 1.165) is 28.6 Å². The van der Waals surface area contributed by atoms with Gasteiger partial charge in [-0.1, -0.05) is 29.3 Å². The van der Waals surface area contributed by atoms with Crippen molar-refractivity contribution in [1.82, 2.24) is 4.98 Å². The molecule has 0 radical (unpaired) electrons. The number of nitrogens with zero attached hydrogens (tertiary/aromatic N) is 1. The lowest BCUT2D eigenvalue weighted by Gasteiger charge is -2.07. The summed E-state index contributed by atoms with van der Waals surface area (Å²) in [5, 5.41) is 9.72.